The molecular formula is C17H10N2O2. The third kappa shape index (κ3) is 2.21. The summed E-state index contributed by atoms with van der Waals surface area (Å²) < 4.78 is 0. The van der Waals surface area contributed by atoms with Crippen molar-refractivity contribution in [3.05, 3.63) is 59.9 Å². The van der Waals surface area contributed by atoms with Gasteiger partial charge in [0.1, 0.15) is 0 Å². The Morgan fingerprint density at radius 2 is 2.05 bits per heavy atom. The third-order valence-corrected chi connectivity index (χ3v) is 3.20. The Bertz CT molecular complexity index is 895. The summed E-state index contributed by atoms with van der Waals surface area (Å²) in [5.74, 6) is 1.49. The summed E-state index contributed by atoms with van der Waals surface area (Å²) in [6.07, 6.45) is 8.81. The number of rotatable bonds is 2. The van der Waals surface area contributed by atoms with Crippen LogP contribution in [-0.2, 0) is 0 Å². The van der Waals surface area contributed by atoms with Crippen LogP contribution in [0.15, 0.2) is 48.8 Å². The van der Waals surface area contributed by atoms with Gasteiger partial charge in [0.05, 0.1) is 23.0 Å². The van der Waals surface area contributed by atoms with E-state index in [1.807, 2.05) is 12.1 Å². The number of aromatic carboxylic acids is 1. The second-order valence-corrected chi connectivity index (χ2v) is 4.44. The van der Waals surface area contributed by atoms with Crippen LogP contribution < -0.4 is 0 Å². The molecule has 0 atom stereocenters. The first kappa shape index (κ1) is 12.8. The van der Waals surface area contributed by atoms with Crippen molar-refractivity contribution >= 4 is 16.9 Å². The molecule has 100 valence electrons. The molecule has 0 aliphatic rings. The van der Waals surface area contributed by atoms with Gasteiger partial charge in [0, 0.05) is 22.7 Å². The second-order valence-electron chi connectivity index (χ2n) is 4.44. The largest absolute Gasteiger partial charge is 0.478 e. The number of terminal acetylenes is 1. The van der Waals surface area contributed by atoms with E-state index < -0.39 is 5.97 Å². The summed E-state index contributed by atoms with van der Waals surface area (Å²) in [7, 11) is 0. The molecule has 0 unspecified atom stereocenters. The van der Waals surface area contributed by atoms with Gasteiger partial charge in [-0.15, -0.1) is 6.42 Å². The average Bonchev–Trinajstić information content (AvgIpc) is 2.53. The summed E-state index contributed by atoms with van der Waals surface area (Å²) in [5, 5.41) is 10.3. The summed E-state index contributed by atoms with van der Waals surface area (Å²) >= 11 is 0. The molecule has 4 heteroatoms. The third-order valence-electron chi connectivity index (χ3n) is 3.20. The fraction of sp³-hybridized carbons (Fsp3) is 0. The van der Waals surface area contributed by atoms with Crippen molar-refractivity contribution in [2.24, 2.45) is 0 Å². The first-order valence-electron chi connectivity index (χ1n) is 6.25. The van der Waals surface area contributed by atoms with E-state index in [0.717, 1.165) is 5.39 Å². The molecule has 1 N–H and O–H groups in total. The maximum Gasteiger partial charge on any atom is 0.336 e. The van der Waals surface area contributed by atoms with Gasteiger partial charge in [0.25, 0.3) is 0 Å². The highest BCUT2D eigenvalue weighted by Gasteiger charge is 2.16. The van der Waals surface area contributed by atoms with Gasteiger partial charge in [0.2, 0.25) is 0 Å². The Balaban J connectivity index is 2.32. The number of fused-ring (bicyclic) bond motifs is 1. The Kier molecular flexibility index (Phi) is 3.09. The van der Waals surface area contributed by atoms with Crippen LogP contribution in [0.1, 0.15) is 15.9 Å². The lowest BCUT2D eigenvalue weighted by atomic mass is 9.97. The predicted molar refractivity (Wildman–Crippen MR) is 79.9 cm³/mol. The SMILES string of the molecule is C#Cc1cccc(C(=O)O)c1-c1ccc2ccncc2n1. The number of carbonyl (C=O) groups is 1. The van der Waals surface area contributed by atoms with E-state index in [1.54, 1.807) is 30.6 Å². The van der Waals surface area contributed by atoms with E-state index in [9.17, 15) is 9.90 Å². The minimum absolute atomic E-state index is 0.140. The molecule has 21 heavy (non-hydrogen) atoms. The first-order valence-corrected chi connectivity index (χ1v) is 6.25. The smallest absolute Gasteiger partial charge is 0.336 e. The normalized spacial score (nSPS) is 10.2. The van der Waals surface area contributed by atoms with Crippen LogP contribution in [0.2, 0.25) is 0 Å². The van der Waals surface area contributed by atoms with Crippen molar-refractivity contribution in [2.75, 3.05) is 0 Å². The molecule has 2 heterocycles. The Morgan fingerprint density at radius 1 is 1.19 bits per heavy atom. The molecule has 3 aromatic rings. The molecule has 0 aliphatic heterocycles. The molecule has 0 saturated carbocycles. The van der Waals surface area contributed by atoms with Gasteiger partial charge in [-0.2, -0.15) is 0 Å². The van der Waals surface area contributed by atoms with Gasteiger partial charge >= 0.3 is 5.97 Å². The lowest BCUT2D eigenvalue weighted by Crippen LogP contribution is -2.02. The fourth-order valence-corrected chi connectivity index (χ4v) is 2.23. The monoisotopic (exact) mass is 274 g/mol. The highest BCUT2D eigenvalue weighted by molar-refractivity contribution is 5.98. The van der Waals surface area contributed by atoms with Crippen molar-refractivity contribution in [3.8, 4) is 23.6 Å². The van der Waals surface area contributed by atoms with Crippen LogP contribution in [-0.4, -0.2) is 21.0 Å². The van der Waals surface area contributed by atoms with E-state index in [0.29, 0.717) is 22.3 Å². The zero-order chi connectivity index (χ0) is 14.8. The van der Waals surface area contributed by atoms with Crippen molar-refractivity contribution < 1.29 is 9.90 Å². The number of carboxylic acids is 1. The molecule has 3 rings (SSSR count). The summed E-state index contributed by atoms with van der Waals surface area (Å²) in [4.78, 5) is 19.9. The van der Waals surface area contributed by atoms with E-state index >= 15 is 0 Å². The second kappa shape index (κ2) is 5.06. The summed E-state index contributed by atoms with van der Waals surface area (Å²) in [5.41, 5.74) is 2.32. The van der Waals surface area contributed by atoms with Gasteiger partial charge in [-0.25, -0.2) is 9.78 Å². The van der Waals surface area contributed by atoms with E-state index in [2.05, 4.69) is 15.9 Å². The van der Waals surface area contributed by atoms with E-state index in [-0.39, 0.29) is 5.56 Å². The first-order chi connectivity index (χ1) is 10.2. The standard InChI is InChI=1S/C17H10N2O2/c1-2-11-4-3-5-13(17(20)21)16(11)14-7-6-12-8-9-18-10-15(12)19-14/h1,3-10H,(H,20,21). The highest BCUT2D eigenvalue weighted by atomic mass is 16.4. The fourth-order valence-electron chi connectivity index (χ4n) is 2.23. The molecule has 2 aromatic heterocycles. The Morgan fingerprint density at radius 3 is 2.81 bits per heavy atom. The molecule has 0 amide bonds. The van der Waals surface area contributed by atoms with E-state index in [1.165, 1.54) is 6.07 Å². The Labute approximate surface area is 121 Å². The van der Waals surface area contributed by atoms with Gasteiger partial charge in [-0.05, 0) is 24.3 Å². The van der Waals surface area contributed by atoms with Crippen molar-refractivity contribution in [1.82, 2.24) is 9.97 Å². The number of nitrogens with zero attached hydrogens (tertiary/aromatic N) is 2. The number of carboxylic acid groups (broad SMARTS) is 1. The van der Waals surface area contributed by atoms with Crippen LogP contribution in [0, 0.1) is 12.3 Å². The number of hydrogen-bond donors (Lipinski definition) is 1. The molecule has 0 bridgehead atoms. The summed E-state index contributed by atoms with van der Waals surface area (Å²) in [6, 6.07) is 10.3. The zero-order valence-corrected chi connectivity index (χ0v) is 10.9. The number of hydrogen-bond acceptors (Lipinski definition) is 3. The molecule has 0 spiro atoms. The molecule has 0 fully saturated rings. The minimum Gasteiger partial charge on any atom is -0.478 e. The quantitative estimate of drug-likeness (QED) is 0.730. The van der Waals surface area contributed by atoms with Crippen LogP contribution >= 0.6 is 0 Å². The zero-order valence-electron chi connectivity index (χ0n) is 10.9. The van der Waals surface area contributed by atoms with Crippen LogP contribution in [0.4, 0.5) is 0 Å². The number of aromatic nitrogens is 2. The Hall–Kier alpha value is -3.19. The molecule has 1 aromatic carbocycles. The van der Waals surface area contributed by atoms with Crippen molar-refractivity contribution in [2.45, 2.75) is 0 Å². The van der Waals surface area contributed by atoms with Crippen LogP contribution in [0.3, 0.4) is 0 Å². The van der Waals surface area contributed by atoms with Crippen molar-refractivity contribution in [3.63, 3.8) is 0 Å². The maximum absolute atomic E-state index is 11.4. The van der Waals surface area contributed by atoms with E-state index in [4.69, 9.17) is 6.42 Å². The molecule has 0 saturated heterocycles. The van der Waals surface area contributed by atoms with Crippen molar-refractivity contribution in [1.29, 1.82) is 0 Å². The highest BCUT2D eigenvalue weighted by Crippen LogP contribution is 2.27. The molecule has 0 aliphatic carbocycles. The van der Waals surface area contributed by atoms with Crippen LogP contribution in [0.5, 0.6) is 0 Å². The topological polar surface area (TPSA) is 63.1 Å². The van der Waals surface area contributed by atoms with Crippen LogP contribution in [0.25, 0.3) is 22.2 Å². The van der Waals surface area contributed by atoms with Gasteiger partial charge < -0.3 is 5.11 Å². The number of benzene rings is 1. The van der Waals surface area contributed by atoms with Gasteiger partial charge in [-0.1, -0.05) is 18.1 Å². The van der Waals surface area contributed by atoms with Gasteiger partial charge in [-0.3, -0.25) is 4.98 Å². The van der Waals surface area contributed by atoms with Gasteiger partial charge in [0.15, 0.2) is 0 Å². The molecule has 4 nitrogen and oxygen atoms in total. The minimum atomic E-state index is -1.03. The molecular weight excluding hydrogens is 264 g/mol. The number of pyridine rings is 2. The molecule has 0 radical (unpaired) electrons. The lowest BCUT2D eigenvalue weighted by Gasteiger charge is -2.09. The lowest BCUT2D eigenvalue weighted by molar-refractivity contribution is 0.0697. The summed E-state index contributed by atoms with van der Waals surface area (Å²) in [6.45, 7) is 0. The maximum atomic E-state index is 11.4. The average molecular weight is 274 g/mol. The predicted octanol–water partition coefficient (Wildman–Crippen LogP) is 2.98.